The highest BCUT2D eigenvalue weighted by Crippen LogP contribution is 2.45. The molecule has 2 N–H and O–H groups in total. The first kappa shape index (κ1) is 22.1. The summed E-state index contributed by atoms with van der Waals surface area (Å²) in [6, 6.07) is 24.2. The summed E-state index contributed by atoms with van der Waals surface area (Å²) in [5.74, 6) is 0.444. The smallest absolute Gasteiger partial charge is 0.410 e. The van der Waals surface area contributed by atoms with E-state index >= 15 is 0 Å². The molecule has 0 atom stereocenters. The minimum absolute atomic E-state index is 0.315. The van der Waals surface area contributed by atoms with Crippen molar-refractivity contribution in [3.8, 4) is 11.1 Å². The normalized spacial score (nSPS) is 12.6. The molecule has 2 heterocycles. The monoisotopic (exact) mass is 477 g/mol. The Balaban J connectivity index is 1.10. The van der Waals surface area contributed by atoms with Crippen LogP contribution in [0.25, 0.3) is 33.1 Å². The summed E-state index contributed by atoms with van der Waals surface area (Å²) in [5.41, 5.74) is 13.1. The topological polar surface area (TPSA) is 86.3 Å². The fraction of sp³-hybridized carbons (Fsp3) is 0.207. The molecule has 180 valence electrons. The molecule has 5 aromatic rings. The Kier molecular flexibility index (Phi) is 5.52. The number of para-hydroxylation sites is 1. The number of nitrogens with two attached hydrogens (primary N) is 1. The minimum atomic E-state index is -0.378. The van der Waals surface area contributed by atoms with E-state index in [1.54, 1.807) is 11.9 Å². The molecule has 3 aromatic carbocycles. The molecular formula is C29H27N5O2. The van der Waals surface area contributed by atoms with Gasteiger partial charge in [0.15, 0.2) is 11.9 Å². The lowest BCUT2D eigenvalue weighted by atomic mass is 10.1. The number of aryl methyl sites for hydroxylation is 1. The molecular weight excluding hydrogens is 450 g/mol. The molecule has 7 nitrogen and oxygen atoms in total. The molecule has 0 aliphatic heterocycles. The molecule has 6 rings (SSSR count). The molecule has 1 aliphatic rings. The highest BCUT2D eigenvalue weighted by molar-refractivity contribution is 6.06. The first-order chi connectivity index (χ1) is 17.6. The quantitative estimate of drug-likeness (QED) is 0.313. The largest absolute Gasteiger partial charge is 0.436 e. The number of aromatic nitrogens is 3. The highest BCUT2D eigenvalue weighted by Gasteiger charge is 2.31. The third kappa shape index (κ3) is 3.73. The summed E-state index contributed by atoms with van der Waals surface area (Å²) in [6.07, 6.45) is 2.85. The number of amides is 1. The zero-order valence-corrected chi connectivity index (χ0v) is 20.1. The maximum atomic E-state index is 13.0. The number of hydrogen-bond acceptors (Lipinski definition) is 5. The average molecular weight is 478 g/mol. The lowest BCUT2D eigenvalue weighted by Crippen LogP contribution is -2.29. The fourth-order valence-electron chi connectivity index (χ4n) is 5.13. The van der Waals surface area contributed by atoms with E-state index in [4.69, 9.17) is 10.5 Å². The Hall–Kier alpha value is -4.39. The minimum Gasteiger partial charge on any atom is -0.436 e. The zero-order chi connectivity index (χ0) is 24.6. The molecule has 0 fully saturated rings. The molecule has 0 bridgehead atoms. The average Bonchev–Trinajstić information content (AvgIpc) is 3.47. The van der Waals surface area contributed by atoms with Gasteiger partial charge in [-0.3, -0.25) is 0 Å². The maximum Gasteiger partial charge on any atom is 0.410 e. The van der Waals surface area contributed by atoms with E-state index < -0.39 is 0 Å². The number of nitrogen functional groups attached to an aromatic ring is 1. The summed E-state index contributed by atoms with van der Waals surface area (Å²) in [5, 5.41) is 1.04. The van der Waals surface area contributed by atoms with E-state index in [1.807, 2.05) is 67.0 Å². The fourth-order valence-corrected chi connectivity index (χ4v) is 5.13. The number of imidazole rings is 1. The van der Waals surface area contributed by atoms with Crippen molar-refractivity contribution < 1.29 is 9.53 Å². The molecule has 0 spiro atoms. The van der Waals surface area contributed by atoms with Crippen LogP contribution in [0.5, 0.6) is 0 Å². The van der Waals surface area contributed by atoms with E-state index in [2.05, 4.69) is 26.7 Å². The molecule has 36 heavy (non-hydrogen) atoms. The second-order valence-corrected chi connectivity index (χ2v) is 9.22. The Bertz CT molecular complexity index is 1550. The van der Waals surface area contributed by atoms with Gasteiger partial charge in [-0.1, -0.05) is 66.7 Å². The van der Waals surface area contributed by atoms with Crippen LogP contribution in [0.4, 0.5) is 10.6 Å². The standard InChI is InChI=1S/C29H27N5O2/c1-33(29(35)36-27-21-12-4-2-10-19(21)20-11-3-5-13-22(20)27)16-8-9-17-34-18-31-25-26(34)23-14-6-7-15-24(23)32-28(25)30/h2-7,10-15,18,27H,8-9,16-17H2,1H3,(H2,30,32). The van der Waals surface area contributed by atoms with Gasteiger partial charge in [0.2, 0.25) is 0 Å². The molecule has 1 amide bonds. The lowest BCUT2D eigenvalue weighted by Gasteiger charge is -2.21. The number of benzene rings is 3. The number of nitrogens with zero attached hydrogens (tertiary/aromatic N) is 4. The van der Waals surface area contributed by atoms with Crippen LogP contribution in [-0.2, 0) is 11.3 Å². The second kappa shape index (κ2) is 9.00. The molecule has 0 radical (unpaired) electrons. The van der Waals surface area contributed by atoms with Crippen molar-refractivity contribution in [2.24, 2.45) is 0 Å². The number of unbranched alkanes of at least 4 members (excludes halogenated alkanes) is 1. The molecule has 2 aromatic heterocycles. The number of hydrogen-bond donors (Lipinski definition) is 1. The summed E-state index contributed by atoms with van der Waals surface area (Å²) >= 11 is 0. The lowest BCUT2D eigenvalue weighted by molar-refractivity contribution is 0.0857. The summed E-state index contributed by atoms with van der Waals surface area (Å²) in [6.45, 7) is 1.38. The predicted molar refractivity (Wildman–Crippen MR) is 142 cm³/mol. The van der Waals surface area contributed by atoms with E-state index in [0.29, 0.717) is 12.4 Å². The van der Waals surface area contributed by atoms with Crippen LogP contribution >= 0.6 is 0 Å². The van der Waals surface area contributed by atoms with Crippen molar-refractivity contribution in [2.45, 2.75) is 25.5 Å². The van der Waals surface area contributed by atoms with Crippen LogP contribution < -0.4 is 5.73 Å². The van der Waals surface area contributed by atoms with E-state index in [9.17, 15) is 4.79 Å². The number of pyridine rings is 1. The predicted octanol–water partition coefficient (Wildman–Crippen LogP) is 5.79. The van der Waals surface area contributed by atoms with Crippen molar-refractivity contribution in [3.63, 3.8) is 0 Å². The summed E-state index contributed by atoms with van der Waals surface area (Å²) in [4.78, 5) is 23.6. The number of carbonyl (C=O) groups is 1. The van der Waals surface area contributed by atoms with Crippen LogP contribution in [0.15, 0.2) is 79.1 Å². The Morgan fingerprint density at radius 2 is 1.64 bits per heavy atom. The number of fused-ring (bicyclic) bond motifs is 6. The number of carbonyl (C=O) groups excluding carboxylic acids is 1. The van der Waals surface area contributed by atoms with Crippen LogP contribution in [0.2, 0.25) is 0 Å². The van der Waals surface area contributed by atoms with Gasteiger partial charge in [-0.05, 0) is 30.0 Å². The highest BCUT2D eigenvalue weighted by atomic mass is 16.6. The number of anilines is 1. The van der Waals surface area contributed by atoms with Gasteiger partial charge in [0.1, 0.15) is 5.52 Å². The van der Waals surface area contributed by atoms with Crippen molar-refractivity contribution in [1.29, 1.82) is 0 Å². The first-order valence-electron chi connectivity index (χ1n) is 12.2. The van der Waals surface area contributed by atoms with Gasteiger partial charge in [0.25, 0.3) is 0 Å². The van der Waals surface area contributed by atoms with Crippen LogP contribution in [0.3, 0.4) is 0 Å². The van der Waals surface area contributed by atoms with Gasteiger partial charge < -0.3 is 19.9 Å². The van der Waals surface area contributed by atoms with Gasteiger partial charge in [0, 0.05) is 36.7 Å². The van der Waals surface area contributed by atoms with Crippen molar-refractivity contribution in [2.75, 3.05) is 19.3 Å². The molecule has 7 heteroatoms. The Labute approximate surface area is 209 Å². The van der Waals surface area contributed by atoms with Crippen LogP contribution in [0, 0.1) is 0 Å². The van der Waals surface area contributed by atoms with Crippen molar-refractivity contribution in [1.82, 2.24) is 19.4 Å². The number of rotatable bonds is 6. The van der Waals surface area contributed by atoms with Crippen LogP contribution in [-0.4, -0.2) is 39.1 Å². The summed E-state index contributed by atoms with van der Waals surface area (Å²) in [7, 11) is 1.79. The molecule has 0 saturated heterocycles. The molecule has 0 saturated carbocycles. The summed E-state index contributed by atoms with van der Waals surface area (Å²) < 4.78 is 8.12. The second-order valence-electron chi connectivity index (χ2n) is 9.22. The van der Waals surface area contributed by atoms with Crippen LogP contribution in [0.1, 0.15) is 30.1 Å². The van der Waals surface area contributed by atoms with Gasteiger partial charge in [-0.15, -0.1) is 0 Å². The van der Waals surface area contributed by atoms with Gasteiger partial charge in [0.05, 0.1) is 17.4 Å². The van der Waals surface area contributed by atoms with E-state index in [1.165, 1.54) is 0 Å². The molecule has 1 aliphatic carbocycles. The SMILES string of the molecule is CN(CCCCn1cnc2c(N)nc3ccccc3c21)C(=O)OC1c2ccccc2-c2ccccc21. The first-order valence-corrected chi connectivity index (χ1v) is 12.2. The molecule has 0 unspecified atom stereocenters. The third-order valence-electron chi connectivity index (χ3n) is 6.93. The van der Waals surface area contributed by atoms with Gasteiger partial charge >= 0.3 is 6.09 Å². The van der Waals surface area contributed by atoms with E-state index in [0.717, 1.165) is 63.6 Å². The Morgan fingerprint density at radius 1 is 0.972 bits per heavy atom. The maximum absolute atomic E-state index is 13.0. The van der Waals surface area contributed by atoms with E-state index in [-0.39, 0.29) is 12.2 Å². The zero-order valence-electron chi connectivity index (χ0n) is 20.1. The third-order valence-corrected chi connectivity index (χ3v) is 6.93. The Morgan fingerprint density at radius 3 is 2.39 bits per heavy atom. The van der Waals surface area contributed by atoms with Crippen molar-refractivity contribution >= 4 is 33.8 Å². The van der Waals surface area contributed by atoms with Crippen molar-refractivity contribution in [3.05, 3.63) is 90.3 Å². The number of ether oxygens (including phenoxy) is 1. The van der Waals surface area contributed by atoms with Gasteiger partial charge in [-0.2, -0.15) is 0 Å². The van der Waals surface area contributed by atoms with Gasteiger partial charge in [-0.25, -0.2) is 14.8 Å².